The number of rotatable bonds is 8. The summed E-state index contributed by atoms with van der Waals surface area (Å²) in [5, 5.41) is 9.38. The van der Waals surface area contributed by atoms with Crippen molar-refractivity contribution in [2.75, 3.05) is 31.8 Å². The van der Waals surface area contributed by atoms with Crippen LogP contribution in [0.4, 0.5) is 0 Å². The van der Waals surface area contributed by atoms with Gasteiger partial charge in [0, 0.05) is 18.6 Å². The molecular weight excluding hydrogens is 204 g/mol. The van der Waals surface area contributed by atoms with Crippen molar-refractivity contribution in [1.29, 1.82) is 0 Å². The Morgan fingerprint density at radius 1 is 1.57 bits per heavy atom. The Morgan fingerprint density at radius 3 is 2.86 bits per heavy atom. The number of carbonyl (C=O) groups excluding carboxylic acids is 1. The number of aliphatic hydroxyl groups excluding tert-OH is 1. The predicted molar refractivity (Wildman–Crippen MR) is 56.5 cm³/mol. The van der Waals surface area contributed by atoms with Crippen molar-refractivity contribution < 1.29 is 19.4 Å². The van der Waals surface area contributed by atoms with Crippen LogP contribution in [0.5, 0.6) is 0 Å². The van der Waals surface area contributed by atoms with Crippen molar-refractivity contribution in [3.8, 4) is 0 Å². The number of thioether (sulfide) groups is 1. The fourth-order valence-electron chi connectivity index (χ4n) is 0.833. The molecule has 14 heavy (non-hydrogen) atoms. The van der Waals surface area contributed by atoms with Crippen LogP contribution in [0.2, 0.25) is 0 Å². The van der Waals surface area contributed by atoms with Crippen LogP contribution in [0.15, 0.2) is 0 Å². The lowest BCUT2D eigenvalue weighted by atomic mass is 10.3. The molecule has 0 fully saturated rings. The Hall–Kier alpha value is -0.260. The molecule has 0 aliphatic heterocycles. The van der Waals surface area contributed by atoms with E-state index in [9.17, 15) is 9.90 Å². The number of hydrogen-bond donors (Lipinski definition) is 1. The van der Waals surface area contributed by atoms with E-state index in [0.29, 0.717) is 19.0 Å². The maximum Gasteiger partial charge on any atom is 0.308 e. The Bertz CT molecular complexity index is 152. The molecule has 1 N–H and O–H groups in total. The number of esters is 1. The van der Waals surface area contributed by atoms with Crippen LogP contribution < -0.4 is 0 Å². The third kappa shape index (κ3) is 8.34. The summed E-state index contributed by atoms with van der Waals surface area (Å²) in [7, 11) is 1.63. The third-order valence-electron chi connectivity index (χ3n) is 1.45. The Labute approximate surface area is 89.0 Å². The molecule has 5 heteroatoms. The molecule has 0 aliphatic carbocycles. The van der Waals surface area contributed by atoms with E-state index in [0.717, 1.165) is 5.75 Å². The van der Waals surface area contributed by atoms with Crippen LogP contribution in [-0.4, -0.2) is 49.0 Å². The van der Waals surface area contributed by atoms with Gasteiger partial charge in [0.25, 0.3) is 0 Å². The lowest BCUT2D eigenvalue weighted by molar-refractivity contribution is -0.144. The van der Waals surface area contributed by atoms with E-state index in [1.54, 1.807) is 25.8 Å². The van der Waals surface area contributed by atoms with Crippen molar-refractivity contribution in [3.63, 3.8) is 0 Å². The van der Waals surface area contributed by atoms with Crippen LogP contribution in [0.3, 0.4) is 0 Å². The molecule has 0 saturated heterocycles. The van der Waals surface area contributed by atoms with Gasteiger partial charge < -0.3 is 14.6 Å². The smallest absolute Gasteiger partial charge is 0.308 e. The average Bonchev–Trinajstić information content (AvgIpc) is 2.13. The molecule has 0 amide bonds. The molecule has 0 saturated carbocycles. The highest BCUT2D eigenvalue weighted by Gasteiger charge is 2.10. The largest absolute Gasteiger partial charge is 0.466 e. The quantitative estimate of drug-likeness (QED) is 0.483. The first-order valence-electron chi connectivity index (χ1n) is 4.61. The minimum absolute atomic E-state index is 0.0772. The normalized spacial score (nSPS) is 12.5. The predicted octanol–water partition coefficient (Wildman–Crippen LogP) is 0.680. The zero-order valence-electron chi connectivity index (χ0n) is 8.69. The molecule has 1 unspecified atom stereocenters. The van der Waals surface area contributed by atoms with Crippen LogP contribution in [-0.2, 0) is 14.3 Å². The van der Waals surface area contributed by atoms with Gasteiger partial charge in [-0.2, -0.15) is 11.8 Å². The van der Waals surface area contributed by atoms with Gasteiger partial charge in [0.1, 0.15) is 0 Å². The number of methoxy groups -OCH3 is 1. The van der Waals surface area contributed by atoms with E-state index in [1.807, 2.05) is 0 Å². The standard InChI is InChI=1S/C9H18O4S/c1-3-13-9(11)6-8(10)7-14-5-4-12-2/h8,10H,3-7H2,1-2H3. The molecule has 0 spiro atoms. The van der Waals surface area contributed by atoms with E-state index in [2.05, 4.69) is 0 Å². The maximum absolute atomic E-state index is 10.9. The molecule has 0 aromatic heterocycles. The lowest BCUT2D eigenvalue weighted by Crippen LogP contribution is -2.18. The summed E-state index contributed by atoms with van der Waals surface area (Å²) in [5.41, 5.74) is 0. The topological polar surface area (TPSA) is 55.8 Å². The molecule has 0 radical (unpaired) electrons. The van der Waals surface area contributed by atoms with Crippen molar-refractivity contribution in [1.82, 2.24) is 0 Å². The zero-order chi connectivity index (χ0) is 10.8. The van der Waals surface area contributed by atoms with Gasteiger partial charge in [-0.1, -0.05) is 0 Å². The average molecular weight is 222 g/mol. The molecule has 0 aromatic rings. The fraction of sp³-hybridized carbons (Fsp3) is 0.889. The molecular formula is C9H18O4S. The van der Waals surface area contributed by atoms with Crippen LogP contribution in [0, 0.1) is 0 Å². The molecule has 0 bridgehead atoms. The van der Waals surface area contributed by atoms with Crippen molar-refractivity contribution >= 4 is 17.7 Å². The molecule has 0 heterocycles. The minimum atomic E-state index is -0.615. The maximum atomic E-state index is 10.9. The lowest BCUT2D eigenvalue weighted by Gasteiger charge is -2.08. The monoisotopic (exact) mass is 222 g/mol. The van der Waals surface area contributed by atoms with Gasteiger partial charge in [-0.15, -0.1) is 0 Å². The highest BCUT2D eigenvalue weighted by molar-refractivity contribution is 7.99. The Morgan fingerprint density at radius 2 is 2.29 bits per heavy atom. The van der Waals surface area contributed by atoms with Gasteiger partial charge in [0.15, 0.2) is 0 Å². The second-order valence-corrected chi connectivity index (χ2v) is 3.88. The summed E-state index contributed by atoms with van der Waals surface area (Å²) in [6.07, 6.45) is -0.538. The second-order valence-electron chi connectivity index (χ2n) is 2.73. The van der Waals surface area contributed by atoms with Crippen molar-refractivity contribution in [2.45, 2.75) is 19.4 Å². The Kier molecular flexibility index (Phi) is 9.13. The number of hydrogen-bond acceptors (Lipinski definition) is 5. The third-order valence-corrected chi connectivity index (χ3v) is 2.53. The summed E-state index contributed by atoms with van der Waals surface area (Å²) in [6, 6.07) is 0. The molecule has 4 nitrogen and oxygen atoms in total. The molecule has 1 atom stereocenters. The van der Waals surface area contributed by atoms with Gasteiger partial charge in [0.05, 0.1) is 25.7 Å². The first-order valence-corrected chi connectivity index (χ1v) is 5.76. The molecule has 0 rings (SSSR count). The highest BCUT2D eigenvalue weighted by atomic mass is 32.2. The van der Waals surface area contributed by atoms with Crippen LogP contribution in [0.1, 0.15) is 13.3 Å². The van der Waals surface area contributed by atoms with E-state index in [4.69, 9.17) is 9.47 Å². The molecule has 0 aromatic carbocycles. The van der Waals surface area contributed by atoms with Crippen LogP contribution >= 0.6 is 11.8 Å². The summed E-state index contributed by atoms with van der Waals surface area (Å²) in [4.78, 5) is 10.9. The summed E-state index contributed by atoms with van der Waals surface area (Å²) < 4.78 is 9.56. The van der Waals surface area contributed by atoms with Crippen molar-refractivity contribution in [3.05, 3.63) is 0 Å². The highest BCUT2D eigenvalue weighted by Crippen LogP contribution is 2.06. The summed E-state index contributed by atoms with van der Waals surface area (Å²) in [6.45, 7) is 2.77. The zero-order valence-corrected chi connectivity index (χ0v) is 9.51. The SMILES string of the molecule is CCOC(=O)CC(O)CSCCOC. The van der Waals surface area contributed by atoms with E-state index in [1.165, 1.54) is 0 Å². The second kappa shape index (κ2) is 9.30. The first kappa shape index (κ1) is 13.7. The fourth-order valence-corrected chi connectivity index (χ4v) is 1.67. The van der Waals surface area contributed by atoms with Gasteiger partial charge in [-0.3, -0.25) is 4.79 Å². The minimum Gasteiger partial charge on any atom is -0.466 e. The van der Waals surface area contributed by atoms with Crippen LogP contribution in [0.25, 0.3) is 0 Å². The van der Waals surface area contributed by atoms with E-state index >= 15 is 0 Å². The van der Waals surface area contributed by atoms with Gasteiger partial charge in [0.2, 0.25) is 0 Å². The molecule has 0 aliphatic rings. The number of aliphatic hydroxyl groups is 1. The number of carbonyl (C=O) groups is 1. The van der Waals surface area contributed by atoms with Gasteiger partial charge in [-0.25, -0.2) is 0 Å². The van der Waals surface area contributed by atoms with Gasteiger partial charge >= 0.3 is 5.97 Å². The summed E-state index contributed by atoms with van der Waals surface area (Å²) >= 11 is 1.56. The molecule has 84 valence electrons. The van der Waals surface area contributed by atoms with Crippen molar-refractivity contribution in [2.24, 2.45) is 0 Å². The Balaban J connectivity index is 3.35. The van der Waals surface area contributed by atoms with E-state index in [-0.39, 0.29) is 12.4 Å². The first-order chi connectivity index (χ1) is 6.70. The van der Waals surface area contributed by atoms with E-state index < -0.39 is 6.10 Å². The van der Waals surface area contributed by atoms with Gasteiger partial charge in [-0.05, 0) is 6.92 Å². The number of ether oxygens (including phenoxy) is 2. The summed E-state index contributed by atoms with van der Waals surface area (Å²) in [5.74, 6) is 1.03.